The van der Waals surface area contributed by atoms with Gasteiger partial charge in [-0.1, -0.05) is 43.3 Å². The Kier molecular flexibility index (Phi) is 10.0. The Morgan fingerprint density at radius 2 is 1.56 bits per heavy atom. The minimum Gasteiger partial charge on any atom is -0.444 e. The monoisotopic (exact) mass is 497 g/mol. The van der Waals surface area contributed by atoms with Gasteiger partial charge in [-0.2, -0.15) is 0 Å². The van der Waals surface area contributed by atoms with Crippen LogP contribution in [0, 0.1) is 20.8 Å². The van der Waals surface area contributed by atoms with Crippen LogP contribution in [-0.4, -0.2) is 52.7 Å². The van der Waals surface area contributed by atoms with Crippen molar-refractivity contribution in [2.24, 2.45) is 0 Å². The van der Waals surface area contributed by atoms with Gasteiger partial charge in [-0.25, -0.2) is 4.79 Å². The summed E-state index contributed by atoms with van der Waals surface area (Å²) in [6.07, 6.45) is -0.255. The van der Waals surface area contributed by atoms with E-state index in [9.17, 15) is 19.5 Å². The Hall–Kier alpha value is -3.39. The lowest BCUT2D eigenvalue weighted by atomic mass is 9.93. The average Bonchev–Trinajstić information content (AvgIpc) is 2.78. The van der Waals surface area contributed by atoms with E-state index >= 15 is 0 Å². The summed E-state index contributed by atoms with van der Waals surface area (Å²) < 4.78 is 5.27. The quantitative estimate of drug-likeness (QED) is 0.475. The van der Waals surface area contributed by atoms with Gasteiger partial charge in [0.25, 0.3) is 5.91 Å². The number of hydrogen-bond donors (Lipinski definition) is 3. The summed E-state index contributed by atoms with van der Waals surface area (Å²) in [7, 11) is 0. The first kappa shape index (κ1) is 28.8. The van der Waals surface area contributed by atoms with Crippen molar-refractivity contribution in [2.75, 3.05) is 18.5 Å². The van der Waals surface area contributed by atoms with E-state index in [2.05, 4.69) is 10.6 Å². The molecule has 0 saturated heterocycles. The van der Waals surface area contributed by atoms with E-state index in [0.717, 1.165) is 16.7 Å². The average molecular weight is 498 g/mol. The van der Waals surface area contributed by atoms with Crippen LogP contribution in [0.4, 0.5) is 10.5 Å². The second-order valence-corrected chi connectivity index (χ2v) is 9.93. The number of aliphatic hydroxyl groups excluding tert-OH is 1. The summed E-state index contributed by atoms with van der Waals surface area (Å²) in [5, 5.41) is 15.5. The second kappa shape index (κ2) is 12.5. The molecule has 0 saturated carbocycles. The molecule has 196 valence electrons. The summed E-state index contributed by atoms with van der Waals surface area (Å²) in [6, 6.07) is 10.9. The van der Waals surface area contributed by atoms with E-state index in [1.165, 1.54) is 4.90 Å². The number of aliphatic hydroxyl groups is 1. The third-order valence-corrected chi connectivity index (χ3v) is 5.70. The van der Waals surface area contributed by atoms with Crippen LogP contribution < -0.4 is 10.6 Å². The number of aryl methyl sites for hydroxylation is 3. The number of benzene rings is 2. The molecule has 2 aromatic carbocycles. The van der Waals surface area contributed by atoms with Crippen molar-refractivity contribution in [3.63, 3.8) is 0 Å². The highest BCUT2D eigenvalue weighted by atomic mass is 16.6. The van der Waals surface area contributed by atoms with E-state index in [1.807, 2.05) is 70.2 Å². The molecule has 0 heterocycles. The Morgan fingerprint density at radius 1 is 0.972 bits per heavy atom. The Labute approximate surface area is 214 Å². The second-order valence-electron chi connectivity index (χ2n) is 9.93. The number of nitrogens with one attached hydrogen (secondary N) is 2. The Morgan fingerprint density at radius 3 is 2.08 bits per heavy atom. The van der Waals surface area contributed by atoms with Crippen molar-refractivity contribution in [2.45, 2.75) is 72.6 Å². The highest BCUT2D eigenvalue weighted by Gasteiger charge is 2.37. The highest BCUT2D eigenvalue weighted by molar-refractivity contribution is 5.99. The van der Waals surface area contributed by atoms with Gasteiger partial charge in [0.15, 0.2) is 0 Å². The zero-order valence-electron chi connectivity index (χ0n) is 22.3. The SMILES string of the molecule is CCCN(C(=O)C(CO)NC(=O)OC(C)(C)C)C(C(=O)Nc1ccccc1C)c1c(C)cccc1C. The van der Waals surface area contributed by atoms with Crippen LogP contribution in [0.1, 0.15) is 62.4 Å². The largest absolute Gasteiger partial charge is 0.444 e. The van der Waals surface area contributed by atoms with Gasteiger partial charge in [0.1, 0.15) is 17.7 Å². The predicted octanol–water partition coefficient (Wildman–Crippen LogP) is 4.42. The van der Waals surface area contributed by atoms with Crippen LogP contribution in [0.5, 0.6) is 0 Å². The lowest BCUT2D eigenvalue weighted by molar-refractivity contribution is -0.141. The number of alkyl carbamates (subject to hydrolysis) is 1. The fourth-order valence-corrected chi connectivity index (χ4v) is 4.04. The number of anilines is 1. The molecule has 0 fully saturated rings. The number of amides is 3. The standard InChI is InChI=1S/C28H39N3O5/c1-8-16-31(26(34)22(17-32)30-27(35)36-28(5,6)7)24(23-19(3)13-11-14-20(23)4)25(33)29-21-15-10-9-12-18(21)2/h9-15,22,24,32H,8,16-17H2,1-7H3,(H,29,33)(H,30,35). The smallest absolute Gasteiger partial charge is 0.408 e. The highest BCUT2D eigenvalue weighted by Crippen LogP contribution is 2.30. The van der Waals surface area contributed by atoms with Crippen molar-refractivity contribution in [3.05, 3.63) is 64.7 Å². The maximum absolute atomic E-state index is 13.8. The van der Waals surface area contributed by atoms with Crippen LogP contribution in [-0.2, 0) is 14.3 Å². The normalized spacial score (nSPS) is 12.9. The van der Waals surface area contributed by atoms with Crippen LogP contribution >= 0.6 is 0 Å². The molecule has 36 heavy (non-hydrogen) atoms. The lowest BCUT2D eigenvalue weighted by Crippen LogP contribution is -2.54. The lowest BCUT2D eigenvalue weighted by Gasteiger charge is -2.35. The van der Waals surface area contributed by atoms with Gasteiger partial charge in [-0.3, -0.25) is 9.59 Å². The van der Waals surface area contributed by atoms with Crippen molar-refractivity contribution < 1.29 is 24.2 Å². The molecule has 2 rings (SSSR count). The van der Waals surface area contributed by atoms with E-state index in [0.29, 0.717) is 17.7 Å². The summed E-state index contributed by atoms with van der Waals surface area (Å²) in [6.45, 7) is 12.3. The molecule has 3 N–H and O–H groups in total. The molecule has 8 nitrogen and oxygen atoms in total. The van der Waals surface area contributed by atoms with Gasteiger partial charge < -0.3 is 25.4 Å². The summed E-state index contributed by atoms with van der Waals surface area (Å²) in [5.74, 6) is -0.949. The molecular formula is C28H39N3O5. The van der Waals surface area contributed by atoms with Gasteiger partial charge in [-0.05, 0) is 76.3 Å². The van der Waals surface area contributed by atoms with Gasteiger partial charge in [-0.15, -0.1) is 0 Å². The van der Waals surface area contributed by atoms with Crippen molar-refractivity contribution >= 4 is 23.6 Å². The maximum Gasteiger partial charge on any atom is 0.408 e. The molecule has 3 amide bonds. The van der Waals surface area contributed by atoms with E-state index in [4.69, 9.17) is 4.74 Å². The minimum absolute atomic E-state index is 0.241. The van der Waals surface area contributed by atoms with Gasteiger partial charge >= 0.3 is 6.09 Å². The molecular weight excluding hydrogens is 458 g/mol. The van der Waals surface area contributed by atoms with Crippen LogP contribution in [0.25, 0.3) is 0 Å². The number of carbonyl (C=O) groups excluding carboxylic acids is 3. The molecule has 0 aliphatic carbocycles. The molecule has 2 unspecified atom stereocenters. The maximum atomic E-state index is 13.8. The van der Waals surface area contributed by atoms with Crippen LogP contribution in [0.2, 0.25) is 0 Å². The Balaban J connectivity index is 2.52. The fraction of sp³-hybridized carbons (Fsp3) is 0.464. The number of rotatable bonds is 9. The number of nitrogens with zero attached hydrogens (tertiary/aromatic N) is 1. The molecule has 0 aliphatic rings. The fourth-order valence-electron chi connectivity index (χ4n) is 4.04. The summed E-state index contributed by atoms with van der Waals surface area (Å²) in [5.41, 5.74) is 3.18. The molecule has 8 heteroatoms. The minimum atomic E-state index is -1.27. The summed E-state index contributed by atoms with van der Waals surface area (Å²) >= 11 is 0. The Bertz CT molecular complexity index is 1060. The molecule has 2 atom stereocenters. The number of ether oxygens (including phenoxy) is 1. The van der Waals surface area contributed by atoms with E-state index in [-0.39, 0.29) is 12.5 Å². The van der Waals surface area contributed by atoms with Gasteiger partial charge in [0.05, 0.1) is 6.61 Å². The number of para-hydroxylation sites is 1. The third kappa shape index (κ3) is 7.55. The predicted molar refractivity (Wildman–Crippen MR) is 141 cm³/mol. The van der Waals surface area contributed by atoms with E-state index in [1.54, 1.807) is 20.8 Å². The topological polar surface area (TPSA) is 108 Å². The van der Waals surface area contributed by atoms with Gasteiger partial charge in [0, 0.05) is 12.2 Å². The summed E-state index contributed by atoms with van der Waals surface area (Å²) in [4.78, 5) is 41.4. The molecule has 0 bridgehead atoms. The zero-order chi connectivity index (χ0) is 27.0. The van der Waals surface area contributed by atoms with Gasteiger partial charge in [0.2, 0.25) is 5.91 Å². The molecule has 0 aliphatic heterocycles. The van der Waals surface area contributed by atoms with Crippen molar-refractivity contribution in [3.8, 4) is 0 Å². The number of hydrogen-bond acceptors (Lipinski definition) is 5. The molecule has 2 aromatic rings. The molecule has 0 spiro atoms. The first-order chi connectivity index (χ1) is 16.9. The molecule has 0 aromatic heterocycles. The third-order valence-electron chi connectivity index (χ3n) is 5.70. The number of carbonyl (C=O) groups is 3. The first-order valence-electron chi connectivity index (χ1n) is 12.2. The molecule has 0 radical (unpaired) electrons. The van der Waals surface area contributed by atoms with E-state index < -0.39 is 36.3 Å². The van der Waals surface area contributed by atoms with Crippen molar-refractivity contribution in [1.82, 2.24) is 10.2 Å². The van der Waals surface area contributed by atoms with Crippen LogP contribution in [0.3, 0.4) is 0 Å². The first-order valence-corrected chi connectivity index (χ1v) is 12.2. The zero-order valence-corrected chi connectivity index (χ0v) is 22.3. The van der Waals surface area contributed by atoms with Crippen LogP contribution in [0.15, 0.2) is 42.5 Å². The van der Waals surface area contributed by atoms with Crippen molar-refractivity contribution in [1.29, 1.82) is 0 Å².